The van der Waals surface area contributed by atoms with Crippen molar-refractivity contribution >= 4 is 52.5 Å². The number of amides is 2. The molecule has 0 aliphatic carbocycles. The maximum atomic E-state index is 12.6. The molecule has 0 fully saturated rings. The highest BCUT2D eigenvalue weighted by Gasteiger charge is 2.31. The first-order valence-electron chi connectivity index (χ1n) is 11.2. The number of imide groups is 1. The minimum absolute atomic E-state index is 0.0959. The standard InChI is InChI=1S/C25H17Cl2N7O4/c26-13-4-6-16(19(27)10-13)22-18(15-2-1-3-17-21(15)24(36)33-23(17)35)12-31-25(32-22)29-9-8-28-20-7-5-14(11-30-20)34(37)38/h1-7,10-12H,8-9H2,(H,28,30)(H,29,31,32)(H,33,35,36). The molecule has 38 heavy (non-hydrogen) atoms. The van der Waals surface area contributed by atoms with E-state index in [0.29, 0.717) is 57.3 Å². The number of benzene rings is 2. The second kappa shape index (κ2) is 10.4. The number of nitro groups is 1. The van der Waals surface area contributed by atoms with Crippen LogP contribution in [0.25, 0.3) is 22.4 Å². The lowest BCUT2D eigenvalue weighted by Crippen LogP contribution is -2.20. The summed E-state index contributed by atoms with van der Waals surface area (Å²) in [5.74, 6) is -0.191. The maximum Gasteiger partial charge on any atom is 0.287 e. The number of carbonyl (C=O) groups is 2. The summed E-state index contributed by atoms with van der Waals surface area (Å²) < 4.78 is 0. The van der Waals surface area contributed by atoms with Crippen molar-refractivity contribution in [1.29, 1.82) is 0 Å². The van der Waals surface area contributed by atoms with Crippen LogP contribution in [0.5, 0.6) is 0 Å². The van der Waals surface area contributed by atoms with E-state index in [1.54, 1.807) is 42.6 Å². The number of hydrogen-bond donors (Lipinski definition) is 3. The zero-order chi connectivity index (χ0) is 26.8. The molecule has 1 aliphatic rings. The number of pyridine rings is 1. The first kappa shape index (κ1) is 25.1. The van der Waals surface area contributed by atoms with Gasteiger partial charge in [0.15, 0.2) is 0 Å². The van der Waals surface area contributed by atoms with E-state index in [2.05, 4.69) is 30.9 Å². The topological polar surface area (TPSA) is 152 Å². The Labute approximate surface area is 225 Å². The molecule has 1 aliphatic heterocycles. The van der Waals surface area contributed by atoms with Gasteiger partial charge >= 0.3 is 0 Å². The Morgan fingerprint density at radius 2 is 1.66 bits per heavy atom. The predicted molar refractivity (Wildman–Crippen MR) is 143 cm³/mol. The fourth-order valence-corrected chi connectivity index (χ4v) is 4.46. The second-order valence-electron chi connectivity index (χ2n) is 8.10. The third kappa shape index (κ3) is 4.97. The van der Waals surface area contributed by atoms with Crippen molar-refractivity contribution in [3.05, 3.63) is 92.2 Å². The highest BCUT2D eigenvalue weighted by Crippen LogP contribution is 2.38. The molecule has 2 amide bonds. The van der Waals surface area contributed by atoms with Gasteiger partial charge in [-0.1, -0.05) is 35.3 Å². The number of halogens is 2. The number of fused-ring (bicyclic) bond motifs is 1. The van der Waals surface area contributed by atoms with Crippen molar-refractivity contribution < 1.29 is 14.5 Å². The van der Waals surface area contributed by atoms with Gasteiger partial charge in [-0.05, 0) is 35.9 Å². The highest BCUT2D eigenvalue weighted by atomic mass is 35.5. The molecule has 0 atom stereocenters. The van der Waals surface area contributed by atoms with Gasteiger partial charge in [-0.3, -0.25) is 25.0 Å². The Bertz CT molecular complexity index is 1600. The van der Waals surface area contributed by atoms with Crippen LogP contribution in [0.3, 0.4) is 0 Å². The van der Waals surface area contributed by atoms with E-state index >= 15 is 0 Å². The van der Waals surface area contributed by atoms with Crippen molar-refractivity contribution in [1.82, 2.24) is 20.3 Å². The minimum atomic E-state index is -0.516. The molecule has 3 heterocycles. The fraction of sp³-hybridized carbons (Fsp3) is 0.0800. The van der Waals surface area contributed by atoms with Crippen molar-refractivity contribution in [2.75, 3.05) is 23.7 Å². The normalized spacial score (nSPS) is 12.2. The molecule has 0 saturated heterocycles. The molecular formula is C25H17Cl2N7O4. The molecule has 0 bridgehead atoms. The SMILES string of the molecule is O=C1NC(=O)c2c1cccc2-c1cnc(NCCNc2ccc([N+](=O)[O-])cn2)nc1-c1ccc(Cl)cc1Cl. The van der Waals surface area contributed by atoms with Crippen molar-refractivity contribution in [3.8, 4) is 22.4 Å². The first-order valence-corrected chi connectivity index (χ1v) is 12.0. The summed E-state index contributed by atoms with van der Waals surface area (Å²) in [4.78, 5) is 48.1. The number of carbonyl (C=O) groups excluding carboxylic acids is 2. The van der Waals surface area contributed by atoms with Crippen LogP contribution in [-0.2, 0) is 0 Å². The van der Waals surface area contributed by atoms with Crippen LogP contribution < -0.4 is 16.0 Å². The lowest BCUT2D eigenvalue weighted by molar-refractivity contribution is -0.385. The van der Waals surface area contributed by atoms with E-state index < -0.39 is 16.7 Å². The largest absolute Gasteiger partial charge is 0.368 e. The third-order valence-corrected chi connectivity index (χ3v) is 6.25. The van der Waals surface area contributed by atoms with E-state index in [0.717, 1.165) is 0 Å². The Kier molecular flexibility index (Phi) is 6.86. The van der Waals surface area contributed by atoms with E-state index in [-0.39, 0.29) is 16.8 Å². The van der Waals surface area contributed by atoms with Gasteiger partial charge in [0, 0.05) is 41.5 Å². The summed E-state index contributed by atoms with van der Waals surface area (Å²) in [6, 6.07) is 12.8. The summed E-state index contributed by atoms with van der Waals surface area (Å²) in [5.41, 5.74) is 2.42. The summed E-state index contributed by atoms with van der Waals surface area (Å²) in [7, 11) is 0. The number of anilines is 2. The summed E-state index contributed by atoms with van der Waals surface area (Å²) >= 11 is 12.6. The molecule has 5 rings (SSSR count). The zero-order valence-corrected chi connectivity index (χ0v) is 20.9. The molecule has 0 unspecified atom stereocenters. The molecule has 0 spiro atoms. The zero-order valence-electron chi connectivity index (χ0n) is 19.4. The molecule has 4 aromatic rings. The van der Waals surface area contributed by atoms with E-state index in [9.17, 15) is 19.7 Å². The molecule has 13 heteroatoms. The van der Waals surface area contributed by atoms with Crippen LogP contribution in [-0.4, -0.2) is 44.8 Å². The summed E-state index contributed by atoms with van der Waals surface area (Å²) in [6.45, 7) is 0.810. The van der Waals surface area contributed by atoms with E-state index in [1.165, 1.54) is 18.3 Å². The number of rotatable bonds is 8. The van der Waals surface area contributed by atoms with Gasteiger partial charge in [-0.15, -0.1) is 0 Å². The number of nitrogens with one attached hydrogen (secondary N) is 3. The van der Waals surface area contributed by atoms with Gasteiger partial charge < -0.3 is 10.6 Å². The molecule has 190 valence electrons. The van der Waals surface area contributed by atoms with Crippen LogP contribution in [0.4, 0.5) is 17.5 Å². The van der Waals surface area contributed by atoms with Gasteiger partial charge in [0.05, 0.1) is 26.8 Å². The van der Waals surface area contributed by atoms with Crippen molar-refractivity contribution in [3.63, 3.8) is 0 Å². The summed E-state index contributed by atoms with van der Waals surface area (Å²) in [6.07, 6.45) is 2.74. The average Bonchev–Trinajstić information content (AvgIpc) is 3.20. The predicted octanol–water partition coefficient (Wildman–Crippen LogP) is 4.83. The Morgan fingerprint density at radius 3 is 2.39 bits per heavy atom. The number of nitrogens with zero attached hydrogens (tertiary/aromatic N) is 4. The molecule has 3 N–H and O–H groups in total. The first-order chi connectivity index (χ1) is 18.3. The third-order valence-electron chi connectivity index (χ3n) is 5.70. The lowest BCUT2D eigenvalue weighted by atomic mass is 9.94. The molecule has 2 aromatic carbocycles. The second-order valence-corrected chi connectivity index (χ2v) is 8.95. The Balaban J connectivity index is 1.43. The van der Waals surface area contributed by atoms with Gasteiger partial charge in [0.25, 0.3) is 17.5 Å². The van der Waals surface area contributed by atoms with Gasteiger partial charge in [0.2, 0.25) is 5.95 Å². The number of hydrogen-bond acceptors (Lipinski definition) is 9. The monoisotopic (exact) mass is 549 g/mol. The van der Waals surface area contributed by atoms with E-state index in [4.69, 9.17) is 23.2 Å². The van der Waals surface area contributed by atoms with Gasteiger partial charge in [-0.25, -0.2) is 15.0 Å². The van der Waals surface area contributed by atoms with Crippen LogP contribution >= 0.6 is 23.2 Å². The van der Waals surface area contributed by atoms with Crippen LogP contribution in [0.2, 0.25) is 10.0 Å². The highest BCUT2D eigenvalue weighted by molar-refractivity contribution is 6.36. The van der Waals surface area contributed by atoms with Crippen LogP contribution in [0, 0.1) is 10.1 Å². The lowest BCUT2D eigenvalue weighted by Gasteiger charge is -2.15. The Hall–Kier alpha value is -4.61. The fourth-order valence-electron chi connectivity index (χ4n) is 3.96. The molecule has 0 radical (unpaired) electrons. The van der Waals surface area contributed by atoms with Gasteiger partial charge in [0.1, 0.15) is 12.0 Å². The smallest absolute Gasteiger partial charge is 0.287 e. The summed E-state index contributed by atoms with van der Waals surface area (Å²) in [5, 5.41) is 20.0. The van der Waals surface area contributed by atoms with Gasteiger partial charge in [-0.2, -0.15) is 0 Å². The molecule has 2 aromatic heterocycles. The van der Waals surface area contributed by atoms with Crippen LogP contribution in [0.15, 0.2) is 60.9 Å². The quantitative estimate of drug-likeness (QED) is 0.121. The molecular weight excluding hydrogens is 533 g/mol. The molecule has 0 saturated carbocycles. The van der Waals surface area contributed by atoms with E-state index in [1.807, 2.05) is 0 Å². The van der Waals surface area contributed by atoms with Crippen molar-refractivity contribution in [2.24, 2.45) is 0 Å². The number of aromatic nitrogens is 3. The average molecular weight is 550 g/mol. The minimum Gasteiger partial charge on any atom is -0.368 e. The van der Waals surface area contributed by atoms with Crippen LogP contribution in [0.1, 0.15) is 20.7 Å². The maximum absolute atomic E-state index is 12.6. The molecule has 11 nitrogen and oxygen atoms in total. The Morgan fingerprint density at radius 1 is 0.868 bits per heavy atom. The van der Waals surface area contributed by atoms with Crippen molar-refractivity contribution in [2.45, 2.75) is 0 Å².